The molecular weight excluding hydrogens is 412 g/mol. The van der Waals surface area contributed by atoms with Gasteiger partial charge in [-0.3, -0.25) is 14.9 Å². The van der Waals surface area contributed by atoms with Crippen LogP contribution in [0.25, 0.3) is 11.3 Å². The predicted molar refractivity (Wildman–Crippen MR) is 119 cm³/mol. The van der Waals surface area contributed by atoms with E-state index in [1.807, 2.05) is 30.3 Å². The number of amides is 2. The van der Waals surface area contributed by atoms with Gasteiger partial charge in [-0.1, -0.05) is 36.4 Å². The fourth-order valence-corrected chi connectivity index (χ4v) is 2.97. The summed E-state index contributed by atoms with van der Waals surface area (Å²) >= 11 is 0. The molecule has 3 N–H and O–H groups in total. The first-order valence-corrected chi connectivity index (χ1v) is 10.1. The fraction of sp³-hybridized carbons (Fsp3) is 0.217. The molecule has 0 saturated carbocycles. The van der Waals surface area contributed by atoms with Gasteiger partial charge < -0.3 is 15.2 Å². The van der Waals surface area contributed by atoms with Crippen molar-refractivity contribution in [1.82, 2.24) is 15.1 Å². The average Bonchev–Trinajstić information content (AvgIpc) is 2.79. The lowest BCUT2D eigenvalue weighted by Gasteiger charge is -2.10. The Morgan fingerprint density at radius 1 is 1.06 bits per heavy atom. The molecule has 1 heterocycles. The molecule has 0 atom stereocenters. The van der Waals surface area contributed by atoms with Crippen molar-refractivity contribution in [3.8, 4) is 11.3 Å². The SMILES string of the molecule is CCOC(=O)Nc1cccc(Cn2nc(-c3ccc(CNC(=O)CO)cc3)ccc2=O)c1. The van der Waals surface area contributed by atoms with Crippen molar-refractivity contribution in [2.75, 3.05) is 18.5 Å². The Morgan fingerprint density at radius 2 is 1.84 bits per heavy atom. The van der Waals surface area contributed by atoms with Crippen LogP contribution in [0.5, 0.6) is 0 Å². The zero-order valence-corrected chi connectivity index (χ0v) is 17.6. The lowest BCUT2D eigenvalue weighted by Crippen LogP contribution is -2.25. The monoisotopic (exact) mass is 436 g/mol. The molecule has 3 rings (SSSR count). The van der Waals surface area contributed by atoms with E-state index in [2.05, 4.69) is 15.7 Å². The third-order valence-electron chi connectivity index (χ3n) is 4.53. The van der Waals surface area contributed by atoms with Gasteiger partial charge in [0, 0.05) is 23.9 Å². The van der Waals surface area contributed by atoms with Crippen LogP contribution < -0.4 is 16.2 Å². The molecule has 0 unspecified atom stereocenters. The zero-order valence-electron chi connectivity index (χ0n) is 17.6. The molecule has 0 aliphatic carbocycles. The maximum Gasteiger partial charge on any atom is 0.411 e. The van der Waals surface area contributed by atoms with Crippen LogP contribution in [0.15, 0.2) is 65.5 Å². The number of aromatic nitrogens is 2. The lowest BCUT2D eigenvalue weighted by molar-refractivity contribution is -0.123. The number of hydrogen-bond donors (Lipinski definition) is 3. The summed E-state index contributed by atoms with van der Waals surface area (Å²) < 4.78 is 6.23. The highest BCUT2D eigenvalue weighted by Gasteiger charge is 2.07. The number of aliphatic hydroxyl groups excluding tert-OH is 1. The van der Waals surface area contributed by atoms with Gasteiger partial charge >= 0.3 is 6.09 Å². The number of aliphatic hydroxyl groups is 1. The first-order valence-electron chi connectivity index (χ1n) is 10.1. The molecule has 1 aromatic heterocycles. The molecule has 166 valence electrons. The molecule has 0 bridgehead atoms. The van der Waals surface area contributed by atoms with E-state index in [-0.39, 0.29) is 18.7 Å². The Hall–Kier alpha value is -3.98. The van der Waals surface area contributed by atoms with E-state index in [9.17, 15) is 14.4 Å². The van der Waals surface area contributed by atoms with Crippen LogP contribution in [0.2, 0.25) is 0 Å². The lowest BCUT2D eigenvalue weighted by atomic mass is 10.1. The molecule has 3 aromatic rings. The summed E-state index contributed by atoms with van der Waals surface area (Å²) in [5, 5.41) is 18.5. The second kappa shape index (κ2) is 10.9. The van der Waals surface area contributed by atoms with Crippen molar-refractivity contribution in [2.45, 2.75) is 20.0 Å². The summed E-state index contributed by atoms with van der Waals surface area (Å²) in [5.74, 6) is -0.440. The topological polar surface area (TPSA) is 123 Å². The third kappa shape index (κ3) is 6.26. The summed E-state index contributed by atoms with van der Waals surface area (Å²) in [7, 11) is 0. The summed E-state index contributed by atoms with van der Waals surface area (Å²) in [6.45, 7) is 1.99. The molecule has 0 aliphatic heterocycles. The molecule has 32 heavy (non-hydrogen) atoms. The smallest absolute Gasteiger partial charge is 0.411 e. The van der Waals surface area contributed by atoms with Crippen molar-refractivity contribution in [1.29, 1.82) is 0 Å². The Kier molecular flexibility index (Phi) is 7.71. The minimum atomic E-state index is -0.550. The second-order valence-electron chi connectivity index (χ2n) is 6.89. The Labute approximate surface area is 184 Å². The Bertz CT molecular complexity index is 1140. The maximum absolute atomic E-state index is 12.3. The fourth-order valence-electron chi connectivity index (χ4n) is 2.97. The van der Waals surface area contributed by atoms with Crippen LogP contribution in [0.4, 0.5) is 10.5 Å². The molecule has 0 spiro atoms. The van der Waals surface area contributed by atoms with Gasteiger partial charge in [-0.25, -0.2) is 9.48 Å². The average molecular weight is 436 g/mol. The molecular formula is C23H24N4O5. The van der Waals surface area contributed by atoms with Gasteiger partial charge in [0.15, 0.2) is 0 Å². The molecule has 0 aliphatic rings. The minimum Gasteiger partial charge on any atom is -0.450 e. The summed E-state index contributed by atoms with van der Waals surface area (Å²) in [6.07, 6.45) is -0.540. The van der Waals surface area contributed by atoms with Crippen molar-refractivity contribution in [3.63, 3.8) is 0 Å². The number of hydrogen-bond acceptors (Lipinski definition) is 6. The van der Waals surface area contributed by atoms with Gasteiger partial charge in [0.05, 0.1) is 18.8 Å². The normalized spacial score (nSPS) is 10.4. The van der Waals surface area contributed by atoms with Gasteiger partial charge in [-0.2, -0.15) is 5.10 Å². The number of rotatable bonds is 8. The zero-order chi connectivity index (χ0) is 22.9. The van der Waals surface area contributed by atoms with E-state index in [0.29, 0.717) is 17.9 Å². The first kappa shape index (κ1) is 22.7. The van der Waals surface area contributed by atoms with Crippen LogP contribution in [0.3, 0.4) is 0 Å². The molecule has 0 fully saturated rings. The number of nitrogens with one attached hydrogen (secondary N) is 2. The summed E-state index contributed by atoms with van der Waals surface area (Å²) in [4.78, 5) is 35.1. The number of anilines is 1. The summed E-state index contributed by atoms with van der Waals surface area (Å²) in [6, 6.07) is 17.6. The standard InChI is InChI=1S/C23H24N4O5/c1-2-32-23(31)25-19-5-3-4-17(12-19)14-27-22(30)11-10-20(26-27)18-8-6-16(7-9-18)13-24-21(29)15-28/h3-12,28H,2,13-15H2,1H3,(H,24,29)(H,25,31). The Morgan fingerprint density at radius 3 is 2.56 bits per heavy atom. The molecule has 0 radical (unpaired) electrons. The quantitative estimate of drug-likeness (QED) is 0.497. The van der Waals surface area contributed by atoms with Gasteiger partial charge in [-0.15, -0.1) is 0 Å². The van der Waals surface area contributed by atoms with E-state index in [4.69, 9.17) is 9.84 Å². The molecule has 2 aromatic carbocycles. The van der Waals surface area contributed by atoms with Crippen LogP contribution in [-0.2, 0) is 22.6 Å². The number of carbonyl (C=O) groups excluding carboxylic acids is 2. The third-order valence-corrected chi connectivity index (χ3v) is 4.53. The largest absolute Gasteiger partial charge is 0.450 e. The van der Waals surface area contributed by atoms with Crippen molar-refractivity contribution in [3.05, 3.63) is 82.1 Å². The number of nitrogens with zero attached hydrogens (tertiary/aromatic N) is 2. The van der Waals surface area contributed by atoms with E-state index in [0.717, 1.165) is 16.7 Å². The number of ether oxygens (including phenoxy) is 1. The van der Waals surface area contributed by atoms with E-state index < -0.39 is 18.6 Å². The van der Waals surface area contributed by atoms with E-state index in [1.165, 1.54) is 10.7 Å². The van der Waals surface area contributed by atoms with Crippen LogP contribution in [0, 0.1) is 0 Å². The molecule has 2 amide bonds. The highest BCUT2D eigenvalue weighted by atomic mass is 16.5. The van der Waals surface area contributed by atoms with Crippen LogP contribution in [0.1, 0.15) is 18.1 Å². The highest BCUT2D eigenvalue weighted by Crippen LogP contribution is 2.17. The molecule has 9 heteroatoms. The van der Waals surface area contributed by atoms with Crippen LogP contribution >= 0.6 is 0 Å². The summed E-state index contributed by atoms with van der Waals surface area (Å²) in [5.41, 5.74) is 3.41. The minimum absolute atomic E-state index is 0.232. The van der Waals surface area contributed by atoms with Crippen LogP contribution in [-0.4, -0.2) is 40.1 Å². The van der Waals surface area contributed by atoms with Gasteiger partial charge in [0.25, 0.3) is 5.56 Å². The predicted octanol–water partition coefficient (Wildman–Crippen LogP) is 2.14. The Balaban J connectivity index is 1.74. The van der Waals surface area contributed by atoms with Crippen molar-refractivity contribution in [2.24, 2.45) is 0 Å². The van der Waals surface area contributed by atoms with Gasteiger partial charge in [0.1, 0.15) is 6.61 Å². The van der Waals surface area contributed by atoms with Gasteiger partial charge in [-0.05, 0) is 36.2 Å². The molecule has 0 saturated heterocycles. The number of carbonyl (C=O) groups is 2. The molecule has 9 nitrogen and oxygen atoms in total. The van der Waals surface area contributed by atoms with E-state index in [1.54, 1.807) is 31.2 Å². The second-order valence-corrected chi connectivity index (χ2v) is 6.89. The number of benzene rings is 2. The van der Waals surface area contributed by atoms with Gasteiger partial charge in [0.2, 0.25) is 5.91 Å². The van der Waals surface area contributed by atoms with Crippen molar-refractivity contribution >= 4 is 17.7 Å². The highest BCUT2D eigenvalue weighted by molar-refractivity contribution is 5.84. The van der Waals surface area contributed by atoms with E-state index >= 15 is 0 Å². The van der Waals surface area contributed by atoms with Crippen molar-refractivity contribution < 1.29 is 19.4 Å². The first-order chi connectivity index (χ1) is 15.5. The maximum atomic E-state index is 12.3.